The lowest BCUT2D eigenvalue weighted by molar-refractivity contribution is 0.681. The molecule has 0 saturated carbocycles. The Balaban J connectivity index is 1.95. The summed E-state index contributed by atoms with van der Waals surface area (Å²) in [7, 11) is -2.35. The minimum absolute atomic E-state index is 0.474. The lowest BCUT2D eigenvalue weighted by Crippen LogP contribution is -1.98. The van der Waals surface area contributed by atoms with E-state index in [0.717, 1.165) is 10.6 Å². The van der Waals surface area contributed by atoms with Crippen LogP contribution >= 0.6 is 11.8 Å². The first kappa shape index (κ1) is 13.4. The number of amidine groups is 1. The van der Waals surface area contributed by atoms with Crippen molar-refractivity contribution in [1.82, 2.24) is 0 Å². The van der Waals surface area contributed by atoms with Crippen LogP contribution in [0.25, 0.3) is 0 Å². The maximum Gasteiger partial charge on any atom is 0.198 e. The Morgan fingerprint density at radius 3 is 2.50 bits per heavy atom. The number of thioether (sulfide) groups is 1. The Hall–Kier alpha value is -1.59. The normalized spacial score (nSPS) is 23.8. The van der Waals surface area contributed by atoms with E-state index in [9.17, 15) is 4.21 Å². The van der Waals surface area contributed by atoms with E-state index in [2.05, 4.69) is 9.36 Å². The van der Waals surface area contributed by atoms with Crippen LogP contribution in [0.3, 0.4) is 0 Å². The van der Waals surface area contributed by atoms with E-state index in [1.54, 1.807) is 0 Å². The van der Waals surface area contributed by atoms with E-state index in [1.165, 1.54) is 17.3 Å². The van der Waals surface area contributed by atoms with Crippen LogP contribution < -0.4 is 0 Å². The molecule has 0 bridgehead atoms. The van der Waals surface area contributed by atoms with Gasteiger partial charge in [0.2, 0.25) is 0 Å². The zero-order chi connectivity index (χ0) is 14.0. The maximum atomic E-state index is 12.8. The minimum atomic E-state index is -2.35. The van der Waals surface area contributed by atoms with E-state index in [1.807, 2.05) is 61.5 Å². The Kier molecular flexibility index (Phi) is 3.63. The zero-order valence-electron chi connectivity index (χ0n) is 11.0. The van der Waals surface area contributed by atoms with Gasteiger partial charge in [0, 0.05) is 4.90 Å². The second-order valence-corrected chi connectivity index (χ2v) is 8.07. The molecule has 102 valence electrons. The molecule has 1 heterocycles. The molecule has 0 radical (unpaired) electrons. The summed E-state index contributed by atoms with van der Waals surface area (Å²) in [5.41, 5.74) is 2.04. The molecule has 1 unspecified atom stereocenters. The van der Waals surface area contributed by atoms with Gasteiger partial charge in [-0.3, -0.25) is 0 Å². The molecule has 2 aromatic carbocycles. The standard InChI is InChI=1S/C15H14N2OS2/c1-12-7-9-13(10-8-12)16-15-17-20(18,11-19-15)14-5-3-2-4-6-14/h2-10H,11H2,1H3. The lowest BCUT2D eigenvalue weighted by atomic mass is 10.2. The third-order valence-electron chi connectivity index (χ3n) is 2.94. The molecule has 0 aromatic heterocycles. The number of benzene rings is 2. The van der Waals surface area contributed by atoms with Gasteiger partial charge in [-0.05, 0) is 31.2 Å². The Labute approximate surface area is 123 Å². The van der Waals surface area contributed by atoms with Gasteiger partial charge >= 0.3 is 0 Å². The minimum Gasteiger partial charge on any atom is -0.243 e. The molecule has 1 aliphatic heterocycles. The number of rotatable bonds is 2. The van der Waals surface area contributed by atoms with Crippen LogP contribution in [0.1, 0.15) is 5.56 Å². The average Bonchev–Trinajstić information content (AvgIpc) is 2.85. The monoisotopic (exact) mass is 302 g/mol. The molecule has 3 rings (SSSR count). The van der Waals surface area contributed by atoms with Crippen LogP contribution in [0.15, 0.2) is 68.8 Å². The van der Waals surface area contributed by atoms with E-state index in [-0.39, 0.29) is 0 Å². The van der Waals surface area contributed by atoms with Gasteiger partial charge in [-0.25, -0.2) is 9.20 Å². The van der Waals surface area contributed by atoms with Crippen molar-refractivity contribution in [2.45, 2.75) is 11.8 Å². The SMILES string of the molecule is Cc1ccc(N=C2N=S(=O)(c3ccccc3)CS2)cc1. The third-order valence-corrected chi connectivity index (χ3v) is 6.73. The summed E-state index contributed by atoms with van der Waals surface area (Å²) in [5, 5.41) is 1.07. The number of hydrogen-bond acceptors (Lipinski definition) is 3. The highest BCUT2D eigenvalue weighted by atomic mass is 32.3. The molecule has 0 fully saturated rings. The predicted molar refractivity (Wildman–Crippen MR) is 86.0 cm³/mol. The first-order valence-corrected chi connectivity index (χ1v) is 8.91. The van der Waals surface area contributed by atoms with E-state index in [0.29, 0.717) is 10.3 Å². The topological polar surface area (TPSA) is 41.8 Å². The van der Waals surface area contributed by atoms with Crippen molar-refractivity contribution < 1.29 is 4.21 Å². The van der Waals surface area contributed by atoms with Crippen LogP contribution in [0.5, 0.6) is 0 Å². The van der Waals surface area contributed by atoms with Gasteiger partial charge in [0.15, 0.2) is 5.17 Å². The van der Waals surface area contributed by atoms with Crippen molar-refractivity contribution in [2.24, 2.45) is 9.36 Å². The third kappa shape index (κ3) is 2.78. The summed E-state index contributed by atoms with van der Waals surface area (Å²) >= 11 is 1.45. The van der Waals surface area contributed by atoms with Crippen molar-refractivity contribution in [2.75, 3.05) is 5.08 Å². The summed E-state index contributed by atoms with van der Waals surface area (Å²) in [6, 6.07) is 17.3. The van der Waals surface area contributed by atoms with E-state index >= 15 is 0 Å². The second kappa shape index (κ2) is 5.42. The molecular weight excluding hydrogens is 288 g/mol. The zero-order valence-corrected chi connectivity index (χ0v) is 12.7. The highest BCUT2D eigenvalue weighted by Gasteiger charge is 2.22. The highest BCUT2D eigenvalue weighted by molar-refractivity contribution is 8.25. The molecule has 0 saturated heterocycles. The molecular formula is C15H14N2OS2. The van der Waals surface area contributed by atoms with Gasteiger partial charge in [-0.15, -0.1) is 0 Å². The van der Waals surface area contributed by atoms with Gasteiger partial charge in [-0.2, -0.15) is 4.36 Å². The molecule has 3 nitrogen and oxygen atoms in total. The first-order valence-electron chi connectivity index (χ1n) is 6.24. The van der Waals surface area contributed by atoms with Gasteiger partial charge in [0.25, 0.3) is 0 Å². The van der Waals surface area contributed by atoms with E-state index in [4.69, 9.17) is 0 Å². The predicted octanol–water partition coefficient (Wildman–Crippen LogP) is 4.21. The van der Waals surface area contributed by atoms with Gasteiger partial charge in [0.05, 0.1) is 20.5 Å². The first-order chi connectivity index (χ1) is 9.66. The fourth-order valence-electron chi connectivity index (χ4n) is 1.85. The summed E-state index contributed by atoms with van der Waals surface area (Å²) in [5.74, 6) is 0. The molecule has 5 heteroatoms. The highest BCUT2D eigenvalue weighted by Crippen LogP contribution is 2.29. The average molecular weight is 302 g/mol. The Morgan fingerprint density at radius 2 is 1.80 bits per heavy atom. The van der Waals surface area contributed by atoms with Crippen molar-refractivity contribution in [3.05, 3.63) is 60.2 Å². The largest absolute Gasteiger partial charge is 0.243 e. The van der Waals surface area contributed by atoms with Crippen LogP contribution in [0.2, 0.25) is 0 Å². The summed E-state index contributed by atoms with van der Waals surface area (Å²) in [4.78, 5) is 5.23. The van der Waals surface area contributed by atoms with Gasteiger partial charge in [0.1, 0.15) is 0 Å². The van der Waals surface area contributed by atoms with Gasteiger partial charge in [-0.1, -0.05) is 47.7 Å². The van der Waals surface area contributed by atoms with Gasteiger partial charge < -0.3 is 0 Å². The fourth-order valence-corrected chi connectivity index (χ4v) is 5.39. The molecule has 1 atom stereocenters. The number of aryl methyl sites for hydroxylation is 1. The quantitative estimate of drug-likeness (QED) is 0.833. The number of aliphatic imine (C=N–C) groups is 1. The Bertz CT molecular complexity index is 758. The molecule has 0 spiro atoms. The van der Waals surface area contributed by atoms with Crippen molar-refractivity contribution in [3.8, 4) is 0 Å². The molecule has 2 aromatic rings. The molecule has 20 heavy (non-hydrogen) atoms. The molecule has 1 aliphatic rings. The summed E-state index contributed by atoms with van der Waals surface area (Å²) < 4.78 is 17.1. The summed E-state index contributed by atoms with van der Waals surface area (Å²) in [6.07, 6.45) is 0. The molecule has 0 N–H and O–H groups in total. The summed E-state index contributed by atoms with van der Waals surface area (Å²) in [6.45, 7) is 2.04. The molecule has 0 amide bonds. The van der Waals surface area contributed by atoms with Crippen molar-refractivity contribution in [1.29, 1.82) is 0 Å². The van der Waals surface area contributed by atoms with Crippen LogP contribution in [0, 0.1) is 6.92 Å². The fraction of sp³-hybridized carbons (Fsp3) is 0.133. The smallest absolute Gasteiger partial charge is 0.198 e. The van der Waals surface area contributed by atoms with E-state index < -0.39 is 9.73 Å². The molecule has 0 aliphatic carbocycles. The van der Waals surface area contributed by atoms with Crippen LogP contribution in [0.4, 0.5) is 5.69 Å². The van der Waals surface area contributed by atoms with Crippen molar-refractivity contribution >= 4 is 32.3 Å². The number of hydrogen-bond donors (Lipinski definition) is 0. The number of nitrogens with zero attached hydrogens (tertiary/aromatic N) is 2. The lowest BCUT2D eigenvalue weighted by Gasteiger charge is -2.00. The second-order valence-electron chi connectivity index (χ2n) is 4.54. The van der Waals surface area contributed by atoms with Crippen LogP contribution in [-0.2, 0) is 9.73 Å². The Morgan fingerprint density at radius 1 is 1.10 bits per heavy atom. The van der Waals surface area contributed by atoms with Crippen LogP contribution in [-0.4, -0.2) is 14.5 Å². The maximum absolute atomic E-state index is 12.8. The van der Waals surface area contributed by atoms with Crippen molar-refractivity contribution in [3.63, 3.8) is 0 Å².